The molecule has 0 radical (unpaired) electrons. The summed E-state index contributed by atoms with van der Waals surface area (Å²) in [5, 5.41) is 40.2. The monoisotopic (exact) mass is 873 g/mol. The van der Waals surface area contributed by atoms with Crippen LogP contribution in [0.3, 0.4) is 0 Å². The first kappa shape index (κ1) is 46.9. The molecule has 1 aromatic carbocycles. The number of hydrogen-bond donors (Lipinski definition) is 5. The summed E-state index contributed by atoms with van der Waals surface area (Å²) in [4.78, 5) is 72.4. The standard InChI is InChI=1S/C47H59N3O13/c1-24-12-11-13-25(2)45(57)49-35-36(50-19-22-60-23-20-50)41(55)32-33(40(35)54)39(53)29(6)43-34(32)44(56)47(7,63-43)61-21-17-31(59-8)26(3)42(28(5)38(52)27(4)37(24)51)62-46(58)48-18-16-30-14-9-10-15-30/h9-14,17,21,24,26-28,31,37-38,42,51-53H,15-16,18-20,22-23H2,1-8H3,(H,48,58)(H,49,57)/b12-11+,21-17+,25-13-/t24-,26+,27+,28+,31-,37-,38+,42+,47-/m0/s1. The van der Waals surface area contributed by atoms with Crippen LogP contribution in [0.15, 0.2) is 71.3 Å². The van der Waals surface area contributed by atoms with Gasteiger partial charge in [-0.15, -0.1) is 0 Å². The summed E-state index contributed by atoms with van der Waals surface area (Å²) in [6.45, 7) is 12.3. The first-order valence-corrected chi connectivity index (χ1v) is 21.4. The predicted molar refractivity (Wildman–Crippen MR) is 230 cm³/mol. The average Bonchev–Trinajstić information content (AvgIpc) is 3.88. The number of fused-ring (bicyclic) bond motifs is 14. The maximum absolute atomic E-state index is 14.8. The van der Waals surface area contributed by atoms with Crippen molar-refractivity contribution in [2.45, 2.75) is 91.5 Å². The van der Waals surface area contributed by atoms with Crippen LogP contribution in [0.4, 0.5) is 4.79 Å². The Morgan fingerprint density at radius 1 is 0.937 bits per heavy atom. The number of aromatic hydroxyl groups is 1. The lowest BCUT2D eigenvalue weighted by atomic mass is 9.78. The highest BCUT2D eigenvalue weighted by molar-refractivity contribution is 6.32. The van der Waals surface area contributed by atoms with E-state index in [0.29, 0.717) is 13.0 Å². The van der Waals surface area contributed by atoms with E-state index in [1.807, 2.05) is 18.2 Å². The van der Waals surface area contributed by atoms with Crippen LogP contribution in [0.25, 0.3) is 0 Å². The first-order chi connectivity index (χ1) is 29.9. The van der Waals surface area contributed by atoms with E-state index in [1.54, 1.807) is 44.7 Å². The summed E-state index contributed by atoms with van der Waals surface area (Å²) in [5.41, 5.74) is -0.332. The molecule has 1 aromatic rings. The molecule has 0 spiro atoms. The molecule has 7 rings (SSSR count). The third-order valence-electron chi connectivity index (χ3n) is 12.8. The molecule has 2 amide bonds. The molecule has 0 unspecified atom stereocenters. The second-order valence-corrected chi connectivity index (χ2v) is 17.0. The number of nitrogens with one attached hydrogen (secondary N) is 2. The molecule has 16 heteroatoms. The van der Waals surface area contributed by atoms with Crippen LogP contribution in [0.1, 0.15) is 91.0 Å². The van der Waals surface area contributed by atoms with Crippen LogP contribution in [-0.2, 0) is 23.7 Å². The lowest BCUT2D eigenvalue weighted by Gasteiger charge is -2.38. The fraction of sp³-hybridized carbons (Fsp3) is 0.511. The van der Waals surface area contributed by atoms with Crippen LogP contribution < -0.4 is 15.4 Å². The largest absolute Gasteiger partial charge is 0.507 e. The van der Waals surface area contributed by atoms with E-state index in [4.69, 9.17) is 23.7 Å². The second-order valence-electron chi connectivity index (χ2n) is 17.0. The number of methoxy groups -OCH3 is 1. The van der Waals surface area contributed by atoms with Gasteiger partial charge in [0, 0.05) is 68.5 Å². The number of carbonyl (C=O) groups excluding carboxylic acids is 5. The van der Waals surface area contributed by atoms with Gasteiger partial charge in [-0.1, -0.05) is 69.7 Å². The lowest BCUT2D eigenvalue weighted by molar-refractivity contribution is -0.116. The number of ketones is 3. The minimum absolute atomic E-state index is 0.00170. The summed E-state index contributed by atoms with van der Waals surface area (Å²) < 4.78 is 29.5. The van der Waals surface area contributed by atoms with Gasteiger partial charge in [-0.05, 0) is 32.8 Å². The molecule has 2 aliphatic carbocycles. The Balaban J connectivity index is 1.41. The van der Waals surface area contributed by atoms with Gasteiger partial charge in [0.2, 0.25) is 11.6 Å². The van der Waals surface area contributed by atoms with Crippen molar-refractivity contribution in [2.75, 3.05) is 40.0 Å². The van der Waals surface area contributed by atoms with Crippen molar-refractivity contribution in [1.82, 2.24) is 15.5 Å². The average molecular weight is 874 g/mol. The first-order valence-electron chi connectivity index (χ1n) is 21.4. The Kier molecular flexibility index (Phi) is 14.5. The number of morpholine rings is 1. The number of Topliss-reactive ketones (excluding diaryl/α,β-unsaturated/α-hetero) is 3. The Bertz CT molecular complexity index is 2200. The molecular formula is C47H59N3O13. The maximum Gasteiger partial charge on any atom is 0.407 e. The van der Waals surface area contributed by atoms with Crippen molar-refractivity contribution in [2.24, 2.45) is 23.7 Å². The van der Waals surface area contributed by atoms with Gasteiger partial charge in [-0.3, -0.25) is 19.2 Å². The highest BCUT2D eigenvalue weighted by Crippen LogP contribution is 2.49. The van der Waals surface area contributed by atoms with Gasteiger partial charge < -0.3 is 54.5 Å². The number of rotatable bonds is 6. The SMILES string of the molecule is CO[C@H]1/C=C/O[C@@]2(C)Oc3c(C)c(O)c4c(c3C2=O)C(=O)C(N2CCOCC2)=C(NC(=O)/C(C)=C\C=C\[C@H](C)[C@H](O)[C@@H](C)[C@@H](O)[C@@H](C)[C@H](OC(=O)NCCC2=CC=CC2)[C@@H]1C)C4=O. The topological polar surface area (TPSA) is 219 Å². The van der Waals surface area contributed by atoms with Gasteiger partial charge in [0.15, 0.2) is 0 Å². The molecule has 6 aliphatic rings. The van der Waals surface area contributed by atoms with E-state index >= 15 is 0 Å². The number of amides is 2. The molecule has 63 heavy (non-hydrogen) atoms. The number of aliphatic hydroxyl groups is 2. The molecule has 1 saturated heterocycles. The van der Waals surface area contributed by atoms with Gasteiger partial charge in [-0.2, -0.15) is 0 Å². The number of phenols is 1. The molecular weight excluding hydrogens is 815 g/mol. The summed E-state index contributed by atoms with van der Waals surface area (Å²) in [6.07, 6.45) is 10.00. The minimum Gasteiger partial charge on any atom is -0.507 e. The molecule has 0 saturated carbocycles. The molecule has 5 bridgehead atoms. The maximum atomic E-state index is 14.8. The van der Waals surface area contributed by atoms with Gasteiger partial charge in [0.1, 0.15) is 29.0 Å². The summed E-state index contributed by atoms with van der Waals surface area (Å²) in [5.74, 6) is -8.71. The zero-order valence-corrected chi connectivity index (χ0v) is 37.1. The van der Waals surface area contributed by atoms with E-state index in [-0.39, 0.29) is 65.7 Å². The van der Waals surface area contributed by atoms with Crippen molar-refractivity contribution >= 4 is 29.4 Å². The highest BCUT2D eigenvalue weighted by atomic mass is 16.7. The van der Waals surface area contributed by atoms with Gasteiger partial charge in [0.25, 0.3) is 11.7 Å². The number of alkyl carbamates (subject to hydrolysis) is 1. The summed E-state index contributed by atoms with van der Waals surface area (Å²) in [7, 11) is 1.44. The highest BCUT2D eigenvalue weighted by Gasteiger charge is 2.53. The van der Waals surface area contributed by atoms with Crippen LogP contribution in [0.5, 0.6) is 11.5 Å². The molecule has 1 fully saturated rings. The number of ether oxygens (including phenoxy) is 5. The third kappa shape index (κ3) is 9.40. The van der Waals surface area contributed by atoms with Crippen molar-refractivity contribution in [3.63, 3.8) is 0 Å². The Morgan fingerprint density at radius 2 is 1.65 bits per heavy atom. The third-order valence-corrected chi connectivity index (χ3v) is 12.8. The van der Waals surface area contributed by atoms with Crippen LogP contribution >= 0.6 is 0 Å². The zero-order valence-electron chi connectivity index (χ0n) is 37.1. The molecule has 4 aliphatic heterocycles. The molecule has 4 heterocycles. The van der Waals surface area contributed by atoms with Crippen molar-refractivity contribution < 1.29 is 63.0 Å². The zero-order chi connectivity index (χ0) is 45.9. The Labute approximate surface area is 367 Å². The van der Waals surface area contributed by atoms with Crippen LogP contribution in [0.2, 0.25) is 0 Å². The quantitative estimate of drug-likeness (QED) is 0.261. The molecule has 16 nitrogen and oxygen atoms in total. The molecule has 340 valence electrons. The fourth-order valence-corrected chi connectivity index (χ4v) is 8.74. The minimum atomic E-state index is -2.09. The van der Waals surface area contributed by atoms with E-state index in [0.717, 1.165) is 12.0 Å². The van der Waals surface area contributed by atoms with Crippen LogP contribution in [0, 0.1) is 30.6 Å². The van der Waals surface area contributed by atoms with Gasteiger partial charge in [0.05, 0.1) is 54.5 Å². The fourth-order valence-electron chi connectivity index (χ4n) is 8.74. The molecule has 5 N–H and O–H groups in total. The predicted octanol–water partition coefficient (Wildman–Crippen LogP) is 4.73. The normalized spacial score (nSPS) is 32.3. The van der Waals surface area contributed by atoms with Gasteiger partial charge >= 0.3 is 11.9 Å². The summed E-state index contributed by atoms with van der Waals surface area (Å²) in [6, 6.07) is 0. The number of allylic oxidation sites excluding steroid dienone is 7. The number of aliphatic hydroxyl groups excluding tert-OH is 2. The number of phenolic OH excluding ortho intramolecular Hbond substituents is 1. The van der Waals surface area contributed by atoms with E-state index in [2.05, 4.69) is 10.6 Å². The van der Waals surface area contributed by atoms with Crippen molar-refractivity contribution in [3.8, 4) is 11.5 Å². The number of hydrogen-bond acceptors (Lipinski definition) is 14. The van der Waals surface area contributed by atoms with E-state index in [1.165, 1.54) is 46.3 Å². The van der Waals surface area contributed by atoms with Gasteiger partial charge in [-0.25, -0.2) is 4.79 Å². The molecule has 9 atom stereocenters. The van der Waals surface area contributed by atoms with E-state index in [9.17, 15) is 39.3 Å². The Morgan fingerprint density at radius 3 is 2.32 bits per heavy atom. The van der Waals surface area contributed by atoms with Crippen LogP contribution in [-0.4, -0.2) is 120 Å². The number of carbonyl (C=O) groups is 5. The Hall–Kier alpha value is -5.55. The second kappa shape index (κ2) is 19.5. The lowest BCUT2D eigenvalue weighted by Crippen LogP contribution is -2.47. The number of nitrogens with zero attached hydrogens (tertiary/aromatic N) is 1. The van der Waals surface area contributed by atoms with Crippen molar-refractivity contribution in [3.05, 3.63) is 93.6 Å². The summed E-state index contributed by atoms with van der Waals surface area (Å²) >= 11 is 0. The molecule has 0 aromatic heterocycles. The van der Waals surface area contributed by atoms with E-state index < -0.39 is 94.5 Å². The van der Waals surface area contributed by atoms with Crippen molar-refractivity contribution in [1.29, 1.82) is 0 Å². The smallest absolute Gasteiger partial charge is 0.407 e. The number of benzene rings is 1.